The summed E-state index contributed by atoms with van der Waals surface area (Å²) in [7, 11) is 0. The fourth-order valence-corrected chi connectivity index (χ4v) is 6.07. The molecule has 5 fully saturated rings. The summed E-state index contributed by atoms with van der Waals surface area (Å²) in [5.74, 6) is 3.01. The van der Waals surface area contributed by atoms with Gasteiger partial charge in [0, 0.05) is 18.6 Å². The third-order valence-electron chi connectivity index (χ3n) is 6.05. The number of likely N-dealkylation sites (tertiary alicyclic amines) is 1. The molecule has 2 nitrogen and oxygen atoms in total. The molecule has 0 radical (unpaired) electrons. The molecule has 3 heteroatoms. The highest BCUT2D eigenvalue weighted by Crippen LogP contribution is 2.55. The summed E-state index contributed by atoms with van der Waals surface area (Å²) in [5, 5.41) is 4.92. The van der Waals surface area contributed by atoms with Crippen LogP contribution in [0.15, 0.2) is 0 Å². The van der Waals surface area contributed by atoms with Crippen LogP contribution < -0.4 is 5.32 Å². The molecule has 4 saturated carbocycles. The highest BCUT2D eigenvalue weighted by molar-refractivity contribution is 7.80. The first-order valence-electron chi connectivity index (χ1n) is 8.30. The predicted octanol–water partition coefficient (Wildman–Crippen LogP) is 3.32. The van der Waals surface area contributed by atoms with E-state index in [0.29, 0.717) is 5.54 Å². The number of hydrogen-bond acceptors (Lipinski definition) is 1. The van der Waals surface area contributed by atoms with Gasteiger partial charge in [-0.15, -0.1) is 0 Å². The summed E-state index contributed by atoms with van der Waals surface area (Å²) in [4.78, 5) is 2.43. The van der Waals surface area contributed by atoms with Crippen LogP contribution in [0.2, 0.25) is 0 Å². The number of rotatable bonds is 1. The van der Waals surface area contributed by atoms with Crippen LogP contribution in [-0.2, 0) is 0 Å². The Hall–Kier alpha value is -0.310. The average Bonchev–Trinajstić information content (AvgIpc) is 2.37. The molecule has 1 heterocycles. The average molecular weight is 278 g/mol. The van der Waals surface area contributed by atoms with Crippen LogP contribution in [0.3, 0.4) is 0 Å². The monoisotopic (exact) mass is 278 g/mol. The first kappa shape index (κ1) is 12.4. The van der Waals surface area contributed by atoms with Gasteiger partial charge < -0.3 is 10.2 Å². The van der Waals surface area contributed by atoms with Crippen LogP contribution >= 0.6 is 12.2 Å². The van der Waals surface area contributed by atoms with Crippen molar-refractivity contribution < 1.29 is 0 Å². The van der Waals surface area contributed by atoms with Crippen molar-refractivity contribution in [3.63, 3.8) is 0 Å². The molecule has 0 aromatic heterocycles. The lowest BCUT2D eigenvalue weighted by Crippen LogP contribution is -2.62. The Morgan fingerprint density at radius 1 is 0.895 bits per heavy atom. The van der Waals surface area contributed by atoms with Crippen LogP contribution in [0.25, 0.3) is 0 Å². The maximum absolute atomic E-state index is 5.72. The molecule has 4 bridgehead atoms. The topological polar surface area (TPSA) is 15.3 Å². The minimum atomic E-state index is 0.392. The van der Waals surface area contributed by atoms with E-state index in [9.17, 15) is 0 Å². The minimum absolute atomic E-state index is 0.392. The Kier molecular flexibility index (Phi) is 3.02. The number of hydrogen-bond donors (Lipinski definition) is 1. The fourth-order valence-electron chi connectivity index (χ4n) is 5.67. The number of piperidine rings is 1. The fraction of sp³-hybridized carbons (Fsp3) is 0.938. The number of nitrogens with zero attached hydrogens (tertiary/aromatic N) is 1. The molecule has 1 aliphatic heterocycles. The summed E-state index contributed by atoms with van der Waals surface area (Å²) in [6.45, 7) is 2.36. The van der Waals surface area contributed by atoms with Gasteiger partial charge in [0.1, 0.15) is 0 Å². The van der Waals surface area contributed by atoms with E-state index in [2.05, 4.69) is 10.2 Å². The van der Waals surface area contributed by atoms with Gasteiger partial charge in [0.05, 0.1) is 0 Å². The molecule has 4 aliphatic carbocycles. The Morgan fingerprint density at radius 2 is 1.42 bits per heavy atom. The van der Waals surface area contributed by atoms with Gasteiger partial charge in [0.15, 0.2) is 5.11 Å². The normalized spacial score (nSPS) is 44.4. The highest BCUT2D eigenvalue weighted by Gasteiger charge is 2.51. The van der Waals surface area contributed by atoms with E-state index < -0.39 is 0 Å². The molecule has 5 aliphatic rings. The minimum Gasteiger partial charge on any atom is -0.357 e. The van der Waals surface area contributed by atoms with Crippen molar-refractivity contribution in [3.8, 4) is 0 Å². The second-order valence-electron chi connectivity index (χ2n) is 7.68. The van der Waals surface area contributed by atoms with Gasteiger partial charge in [-0.25, -0.2) is 0 Å². The molecule has 5 rings (SSSR count). The van der Waals surface area contributed by atoms with E-state index in [1.807, 2.05) is 0 Å². The summed E-state index contributed by atoms with van der Waals surface area (Å²) in [5.41, 5.74) is 0.392. The smallest absolute Gasteiger partial charge is 0.169 e. The maximum Gasteiger partial charge on any atom is 0.169 e. The van der Waals surface area contributed by atoms with Gasteiger partial charge in [-0.05, 0) is 87.8 Å². The first-order valence-corrected chi connectivity index (χ1v) is 8.70. The Balaban J connectivity index is 1.45. The zero-order valence-electron chi connectivity index (χ0n) is 11.9. The summed E-state index contributed by atoms with van der Waals surface area (Å²) in [6, 6.07) is 0. The quantitative estimate of drug-likeness (QED) is 0.741. The lowest BCUT2D eigenvalue weighted by Gasteiger charge is -2.57. The van der Waals surface area contributed by atoms with Crippen LogP contribution in [0.4, 0.5) is 0 Å². The van der Waals surface area contributed by atoms with Gasteiger partial charge in [-0.3, -0.25) is 0 Å². The predicted molar refractivity (Wildman–Crippen MR) is 82.1 cm³/mol. The third-order valence-corrected chi connectivity index (χ3v) is 6.41. The lowest BCUT2D eigenvalue weighted by atomic mass is 9.53. The molecule has 0 unspecified atom stereocenters. The van der Waals surface area contributed by atoms with Gasteiger partial charge >= 0.3 is 0 Å². The van der Waals surface area contributed by atoms with E-state index in [1.165, 1.54) is 70.9 Å². The summed E-state index contributed by atoms with van der Waals surface area (Å²) < 4.78 is 0. The van der Waals surface area contributed by atoms with Gasteiger partial charge in [-0.2, -0.15) is 0 Å². The highest BCUT2D eigenvalue weighted by atomic mass is 32.1. The molecule has 1 saturated heterocycles. The molecular formula is C16H26N2S. The molecule has 0 amide bonds. The van der Waals surface area contributed by atoms with Gasteiger partial charge in [-0.1, -0.05) is 0 Å². The second-order valence-corrected chi connectivity index (χ2v) is 8.06. The SMILES string of the molecule is S=C(NC12CC3CC(CC(C3)C1)C2)N1CCCCC1. The molecule has 19 heavy (non-hydrogen) atoms. The van der Waals surface area contributed by atoms with Crippen LogP contribution in [-0.4, -0.2) is 28.6 Å². The third kappa shape index (κ3) is 2.28. The van der Waals surface area contributed by atoms with E-state index >= 15 is 0 Å². The molecule has 106 valence electrons. The van der Waals surface area contributed by atoms with Crippen LogP contribution in [0.1, 0.15) is 57.8 Å². The Bertz CT molecular complexity index is 338. The van der Waals surface area contributed by atoms with E-state index in [1.54, 1.807) is 0 Å². The van der Waals surface area contributed by atoms with E-state index in [4.69, 9.17) is 12.2 Å². The molecule has 0 spiro atoms. The Morgan fingerprint density at radius 3 is 1.95 bits per heavy atom. The standard InChI is InChI=1S/C16H26N2S/c19-15(18-4-2-1-3-5-18)17-16-9-12-6-13(10-16)8-14(7-12)11-16/h12-14H,1-11H2,(H,17,19). The number of thiocarbonyl (C=S) groups is 1. The van der Waals surface area contributed by atoms with E-state index in [0.717, 1.165) is 22.9 Å². The first-order chi connectivity index (χ1) is 9.22. The van der Waals surface area contributed by atoms with Crippen molar-refractivity contribution in [3.05, 3.63) is 0 Å². The van der Waals surface area contributed by atoms with Crippen LogP contribution in [0, 0.1) is 17.8 Å². The van der Waals surface area contributed by atoms with Crippen molar-refractivity contribution in [1.82, 2.24) is 10.2 Å². The van der Waals surface area contributed by atoms with Crippen molar-refractivity contribution in [1.29, 1.82) is 0 Å². The number of nitrogens with one attached hydrogen (secondary N) is 1. The Labute approximate surface area is 122 Å². The van der Waals surface area contributed by atoms with Crippen LogP contribution in [0.5, 0.6) is 0 Å². The molecule has 1 N–H and O–H groups in total. The molecule has 0 aromatic rings. The van der Waals surface area contributed by atoms with Gasteiger partial charge in [0.25, 0.3) is 0 Å². The zero-order chi connectivity index (χ0) is 12.9. The van der Waals surface area contributed by atoms with Crippen molar-refractivity contribution in [2.45, 2.75) is 63.3 Å². The zero-order valence-corrected chi connectivity index (χ0v) is 12.7. The largest absolute Gasteiger partial charge is 0.357 e. The molecule has 0 aromatic carbocycles. The summed E-state index contributed by atoms with van der Waals surface area (Å²) >= 11 is 5.72. The van der Waals surface area contributed by atoms with Crippen molar-refractivity contribution in [2.24, 2.45) is 17.8 Å². The second kappa shape index (κ2) is 4.61. The summed E-state index contributed by atoms with van der Waals surface area (Å²) in [6.07, 6.45) is 12.8. The lowest BCUT2D eigenvalue weighted by molar-refractivity contribution is -0.0113. The molecular weight excluding hydrogens is 252 g/mol. The van der Waals surface area contributed by atoms with E-state index in [-0.39, 0.29) is 0 Å². The maximum atomic E-state index is 5.72. The van der Waals surface area contributed by atoms with Crippen molar-refractivity contribution >= 4 is 17.3 Å². The van der Waals surface area contributed by atoms with Gasteiger partial charge in [0.2, 0.25) is 0 Å². The molecule has 0 atom stereocenters. The van der Waals surface area contributed by atoms with Crippen molar-refractivity contribution in [2.75, 3.05) is 13.1 Å².